The third-order valence-electron chi connectivity index (χ3n) is 4.89. The van der Waals surface area contributed by atoms with E-state index in [0.29, 0.717) is 18.4 Å². The van der Waals surface area contributed by atoms with Crippen molar-refractivity contribution in [1.29, 1.82) is 0 Å². The van der Waals surface area contributed by atoms with Gasteiger partial charge < -0.3 is 19.8 Å². The van der Waals surface area contributed by atoms with Crippen LogP contribution in [0.2, 0.25) is 0 Å². The molecule has 0 aromatic rings. The van der Waals surface area contributed by atoms with Gasteiger partial charge in [0.1, 0.15) is 0 Å². The van der Waals surface area contributed by atoms with Crippen LogP contribution in [-0.4, -0.2) is 11.9 Å². The molecule has 2 aliphatic rings. The summed E-state index contributed by atoms with van der Waals surface area (Å²) in [5, 5.41) is 22.6. The van der Waals surface area contributed by atoms with E-state index in [-0.39, 0.29) is 6.42 Å². The molecule has 2 atom stereocenters. The summed E-state index contributed by atoms with van der Waals surface area (Å²) < 4.78 is 0. The highest BCUT2D eigenvalue weighted by Gasteiger charge is 2.67. The first-order chi connectivity index (χ1) is 7.21. The molecule has 0 aliphatic heterocycles. The number of carbonyl (C=O) groups is 2. The molecular weight excluding hydrogens is 208 g/mol. The summed E-state index contributed by atoms with van der Waals surface area (Å²) in [5.74, 6) is -2.37. The zero-order valence-electron chi connectivity index (χ0n) is 9.46. The number of aliphatic carboxylic acids is 2. The zero-order valence-corrected chi connectivity index (χ0v) is 9.46. The molecule has 0 radical (unpaired) electrons. The molecule has 0 N–H and O–H groups in total. The molecule has 0 saturated heterocycles. The molecule has 0 unspecified atom stereocenters. The summed E-state index contributed by atoms with van der Waals surface area (Å²) in [4.78, 5) is 22.6. The molecule has 88 valence electrons. The minimum absolute atomic E-state index is 0.0660. The predicted molar refractivity (Wildman–Crippen MR) is 51.7 cm³/mol. The molecule has 0 aromatic heterocycles. The van der Waals surface area contributed by atoms with Crippen molar-refractivity contribution in [3.63, 3.8) is 0 Å². The van der Waals surface area contributed by atoms with E-state index < -0.39 is 28.2 Å². The standard InChI is InChI=1S/C12H16O4/c1-7-10(2,3)12(9(15)16)5-4-11(7,6-12)8(13)14/h1,4-6H2,2-3H3,(H,13,14)(H,15,16)/p-2/t11-,12+/m1/s1. The van der Waals surface area contributed by atoms with E-state index in [0.717, 1.165) is 0 Å². The van der Waals surface area contributed by atoms with Crippen molar-refractivity contribution in [3.8, 4) is 0 Å². The van der Waals surface area contributed by atoms with Crippen LogP contribution in [0.15, 0.2) is 12.2 Å². The van der Waals surface area contributed by atoms with Gasteiger partial charge in [-0.2, -0.15) is 0 Å². The Morgan fingerprint density at radius 3 is 2.06 bits per heavy atom. The Kier molecular flexibility index (Phi) is 1.87. The molecule has 0 spiro atoms. The van der Waals surface area contributed by atoms with Gasteiger partial charge in [-0.15, -0.1) is 0 Å². The molecule has 2 aliphatic carbocycles. The Morgan fingerprint density at radius 1 is 1.19 bits per heavy atom. The Bertz CT molecular complexity index is 409. The number of carbonyl (C=O) groups excluding carboxylic acids is 2. The lowest BCUT2D eigenvalue weighted by atomic mass is 9.61. The van der Waals surface area contributed by atoms with E-state index in [1.807, 2.05) is 0 Å². The molecule has 2 bridgehead atoms. The van der Waals surface area contributed by atoms with Crippen molar-refractivity contribution in [1.82, 2.24) is 0 Å². The highest BCUT2D eigenvalue weighted by Crippen LogP contribution is 2.71. The van der Waals surface area contributed by atoms with Gasteiger partial charge in [-0.25, -0.2) is 0 Å². The van der Waals surface area contributed by atoms with Crippen LogP contribution in [-0.2, 0) is 9.59 Å². The van der Waals surface area contributed by atoms with Crippen molar-refractivity contribution < 1.29 is 19.8 Å². The molecule has 16 heavy (non-hydrogen) atoms. The van der Waals surface area contributed by atoms with Gasteiger partial charge in [-0.05, 0) is 24.7 Å². The average molecular weight is 222 g/mol. The fourth-order valence-electron chi connectivity index (χ4n) is 3.52. The maximum absolute atomic E-state index is 11.3. The van der Waals surface area contributed by atoms with E-state index in [1.54, 1.807) is 13.8 Å². The molecule has 4 nitrogen and oxygen atoms in total. The van der Waals surface area contributed by atoms with Gasteiger partial charge in [0.05, 0.1) is 5.97 Å². The number of hydrogen-bond donors (Lipinski definition) is 0. The van der Waals surface area contributed by atoms with Gasteiger partial charge in [0.2, 0.25) is 0 Å². The molecule has 0 heterocycles. The van der Waals surface area contributed by atoms with Gasteiger partial charge in [0.15, 0.2) is 0 Å². The predicted octanol–water partition coefficient (Wildman–Crippen LogP) is -0.761. The first kappa shape index (κ1) is 11.2. The third kappa shape index (κ3) is 0.867. The molecule has 2 saturated carbocycles. The average Bonchev–Trinajstić information content (AvgIpc) is 2.64. The maximum atomic E-state index is 11.3. The van der Waals surface area contributed by atoms with Crippen LogP contribution in [0.3, 0.4) is 0 Å². The lowest BCUT2D eigenvalue weighted by molar-refractivity contribution is -0.323. The highest BCUT2D eigenvalue weighted by molar-refractivity contribution is 5.86. The number of rotatable bonds is 2. The normalized spacial score (nSPS) is 40.0. The van der Waals surface area contributed by atoms with Crippen LogP contribution in [0.4, 0.5) is 0 Å². The van der Waals surface area contributed by atoms with Crippen molar-refractivity contribution in [3.05, 3.63) is 12.2 Å². The summed E-state index contributed by atoms with van der Waals surface area (Å²) in [6, 6.07) is 0. The Morgan fingerprint density at radius 2 is 1.75 bits per heavy atom. The van der Waals surface area contributed by atoms with Crippen LogP contribution in [0.1, 0.15) is 33.1 Å². The van der Waals surface area contributed by atoms with Crippen molar-refractivity contribution >= 4 is 11.9 Å². The van der Waals surface area contributed by atoms with Gasteiger partial charge in [0, 0.05) is 16.8 Å². The topological polar surface area (TPSA) is 80.3 Å². The van der Waals surface area contributed by atoms with E-state index in [4.69, 9.17) is 0 Å². The molecule has 0 aromatic carbocycles. The van der Waals surface area contributed by atoms with Gasteiger partial charge in [0.25, 0.3) is 0 Å². The van der Waals surface area contributed by atoms with Gasteiger partial charge >= 0.3 is 0 Å². The van der Waals surface area contributed by atoms with Gasteiger partial charge in [-0.3, -0.25) is 0 Å². The largest absolute Gasteiger partial charge is 0.550 e. The van der Waals surface area contributed by atoms with E-state index >= 15 is 0 Å². The van der Waals surface area contributed by atoms with Crippen LogP contribution in [0.5, 0.6) is 0 Å². The molecule has 2 rings (SSSR count). The van der Waals surface area contributed by atoms with E-state index in [1.165, 1.54) is 0 Å². The minimum atomic E-state index is -1.20. The smallest absolute Gasteiger partial charge is 0.0517 e. The molecular formula is C12H14O4-2. The van der Waals surface area contributed by atoms with Crippen LogP contribution < -0.4 is 10.2 Å². The summed E-state index contributed by atoms with van der Waals surface area (Å²) in [6.07, 6.45) is 0.692. The second kappa shape index (κ2) is 2.67. The van der Waals surface area contributed by atoms with Crippen LogP contribution >= 0.6 is 0 Å². The van der Waals surface area contributed by atoms with Crippen molar-refractivity contribution in [2.45, 2.75) is 33.1 Å². The van der Waals surface area contributed by atoms with Crippen LogP contribution in [0, 0.1) is 16.2 Å². The molecule has 2 fully saturated rings. The Hall–Kier alpha value is -1.32. The molecule has 4 heteroatoms. The van der Waals surface area contributed by atoms with E-state index in [9.17, 15) is 19.8 Å². The number of fused-ring (bicyclic) bond motifs is 2. The lowest BCUT2D eigenvalue weighted by Gasteiger charge is -2.45. The van der Waals surface area contributed by atoms with Crippen molar-refractivity contribution in [2.24, 2.45) is 16.2 Å². The fourth-order valence-corrected chi connectivity index (χ4v) is 3.52. The zero-order chi connectivity index (χ0) is 12.4. The Labute approximate surface area is 94.0 Å². The number of carboxylic acid groups (broad SMARTS) is 2. The highest BCUT2D eigenvalue weighted by atomic mass is 16.4. The second-order valence-corrected chi connectivity index (χ2v) is 5.52. The number of carboxylic acids is 2. The third-order valence-corrected chi connectivity index (χ3v) is 4.89. The quantitative estimate of drug-likeness (QED) is 0.575. The Balaban J connectivity index is 2.61. The van der Waals surface area contributed by atoms with E-state index in [2.05, 4.69) is 6.58 Å². The summed E-state index contributed by atoms with van der Waals surface area (Å²) in [6.45, 7) is 7.26. The maximum Gasteiger partial charge on any atom is 0.0517 e. The lowest BCUT2D eigenvalue weighted by Crippen LogP contribution is -2.49. The summed E-state index contributed by atoms with van der Waals surface area (Å²) >= 11 is 0. The first-order valence-electron chi connectivity index (χ1n) is 5.33. The summed E-state index contributed by atoms with van der Waals surface area (Å²) in [5.41, 5.74) is -2.53. The van der Waals surface area contributed by atoms with Gasteiger partial charge in [-0.1, -0.05) is 26.0 Å². The van der Waals surface area contributed by atoms with Crippen LogP contribution in [0.25, 0.3) is 0 Å². The van der Waals surface area contributed by atoms with Crippen molar-refractivity contribution in [2.75, 3.05) is 0 Å². The second-order valence-electron chi connectivity index (χ2n) is 5.52. The minimum Gasteiger partial charge on any atom is -0.550 e. The first-order valence-corrected chi connectivity index (χ1v) is 5.33. The SMILES string of the molecule is C=C1C(C)(C)[C@@]2(C(=O)[O-])CC[C@@]1(C(=O)[O-])C2. The fraction of sp³-hybridized carbons (Fsp3) is 0.667. The summed E-state index contributed by atoms with van der Waals surface area (Å²) in [7, 11) is 0. The number of hydrogen-bond acceptors (Lipinski definition) is 4. The molecule has 0 amide bonds. The monoisotopic (exact) mass is 222 g/mol.